The number of halogens is 2. The van der Waals surface area contributed by atoms with E-state index >= 15 is 0 Å². The van der Waals surface area contributed by atoms with Gasteiger partial charge in [0.15, 0.2) is 16.7 Å². The second kappa shape index (κ2) is 7.50. The molecule has 9 heteroatoms. The first-order valence-electron chi connectivity index (χ1n) is 7.46. The van der Waals surface area contributed by atoms with Crippen LogP contribution in [0, 0.1) is 0 Å². The largest absolute Gasteiger partial charge is 0.339 e. The lowest BCUT2D eigenvalue weighted by molar-refractivity contribution is 0.102. The number of hydrogen-bond donors (Lipinski definition) is 2. The fourth-order valence-electron chi connectivity index (χ4n) is 2.07. The molecule has 0 aliphatic heterocycles. The van der Waals surface area contributed by atoms with Gasteiger partial charge in [-0.1, -0.05) is 23.2 Å². The van der Waals surface area contributed by atoms with E-state index < -0.39 is 0 Å². The summed E-state index contributed by atoms with van der Waals surface area (Å²) in [5, 5.41) is 18.3. The Hall–Kier alpha value is -2.64. The van der Waals surface area contributed by atoms with Crippen molar-refractivity contribution in [2.75, 3.05) is 10.6 Å². The quantitative estimate of drug-likeness (QED) is 0.702. The Morgan fingerprint density at radius 3 is 2.40 bits per heavy atom. The van der Waals surface area contributed by atoms with Crippen LogP contribution >= 0.6 is 23.2 Å². The Kier molecular flexibility index (Phi) is 5.16. The molecule has 0 radical (unpaired) electrons. The van der Waals surface area contributed by atoms with Crippen LogP contribution in [-0.4, -0.2) is 25.9 Å². The van der Waals surface area contributed by atoms with Gasteiger partial charge in [0.25, 0.3) is 5.91 Å². The molecule has 3 aromatic rings. The summed E-state index contributed by atoms with van der Waals surface area (Å²) < 4.78 is 1.61. The molecule has 0 unspecified atom stereocenters. The zero-order chi connectivity index (χ0) is 17.8. The zero-order valence-electron chi connectivity index (χ0n) is 13.2. The summed E-state index contributed by atoms with van der Waals surface area (Å²) in [4.78, 5) is 12.3. The molecule has 0 fully saturated rings. The van der Waals surface area contributed by atoms with E-state index in [9.17, 15) is 4.79 Å². The Bertz CT molecular complexity index is 877. The van der Waals surface area contributed by atoms with E-state index in [1.54, 1.807) is 47.3 Å². The fourth-order valence-corrected chi connectivity index (χ4v) is 2.41. The third-order valence-corrected chi connectivity index (χ3v) is 3.78. The first-order chi connectivity index (χ1) is 12.0. The molecule has 0 aliphatic carbocycles. The molecule has 0 bridgehead atoms. The van der Waals surface area contributed by atoms with Gasteiger partial charge in [0.05, 0.1) is 5.02 Å². The third kappa shape index (κ3) is 4.26. The highest BCUT2D eigenvalue weighted by Gasteiger charge is 2.15. The predicted octanol–water partition coefficient (Wildman–Crippen LogP) is 4.00. The summed E-state index contributed by atoms with van der Waals surface area (Å²) in [7, 11) is 0. The maximum atomic E-state index is 12.3. The standard InChI is InChI=1S/C16H14Cl2N6O/c1-2-24-9-12(17)15(23-24)16(25)20-11-5-3-10(4-6-11)19-14-8-7-13(18)21-22-14/h3-9H,2H2,1H3,(H,19,22)(H,20,25). The number of hydrogen-bond acceptors (Lipinski definition) is 5. The number of aromatic nitrogens is 4. The van der Waals surface area contributed by atoms with Gasteiger partial charge in [-0.3, -0.25) is 9.48 Å². The number of rotatable bonds is 5. The van der Waals surface area contributed by atoms with Crippen molar-refractivity contribution in [1.29, 1.82) is 0 Å². The average Bonchev–Trinajstić information content (AvgIpc) is 3.00. The van der Waals surface area contributed by atoms with E-state index in [4.69, 9.17) is 23.2 Å². The van der Waals surface area contributed by atoms with Crippen LogP contribution in [0.25, 0.3) is 0 Å². The second-order valence-corrected chi connectivity index (χ2v) is 5.87. The summed E-state index contributed by atoms with van der Waals surface area (Å²) >= 11 is 11.7. The molecule has 0 spiro atoms. The molecule has 2 aromatic heterocycles. The fraction of sp³-hybridized carbons (Fsp3) is 0.125. The summed E-state index contributed by atoms with van der Waals surface area (Å²) in [6.07, 6.45) is 1.62. The van der Waals surface area contributed by atoms with Gasteiger partial charge >= 0.3 is 0 Å². The molecule has 2 heterocycles. The molecule has 1 amide bonds. The van der Waals surface area contributed by atoms with Crippen LogP contribution in [0.15, 0.2) is 42.6 Å². The van der Waals surface area contributed by atoms with E-state index in [1.807, 2.05) is 6.92 Å². The lowest BCUT2D eigenvalue weighted by atomic mass is 10.2. The number of benzene rings is 1. The monoisotopic (exact) mass is 376 g/mol. The van der Waals surface area contributed by atoms with Crippen LogP contribution in [0.2, 0.25) is 10.2 Å². The predicted molar refractivity (Wildman–Crippen MR) is 97.6 cm³/mol. The van der Waals surface area contributed by atoms with Crippen LogP contribution in [0.3, 0.4) is 0 Å². The number of amides is 1. The normalized spacial score (nSPS) is 10.5. The Balaban J connectivity index is 1.66. The lowest BCUT2D eigenvalue weighted by Crippen LogP contribution is -2.13. The van der Waals surface area contributed by atoms with E-state index in [2.05, 4.69) is 25.9 Å². The van der Waals surface area contributed by atoms with Crippen LogP contribution in [0.4, 0.5) is 17.2 Å². The lowest BCUT2D eigenvalue weighted by Gasteiger charge is -2.07. The van der Waals surface area contributed by atoms with Crippen LogP contribution in [-0.2, 0) is 6.54 Å². The van der Waals surface area contributed by atoms with Gasteiger partial charge in [0.1, 0.15) is 0 Å². The number of carbonyl (C=O) groups is 1. The molecule has 0 aliphatic rings. The summed E-state index contributed by atoms with van der Waals surface area (Å²) in [5.74, 6) is 0.208. The van der Waals surface area contributed by atoms with Crippen molar-refractivity contribution in [2.45, 2.75) is 13.5 Å². The topological polar surface area (TPSA) is 84.7 Å². The van der Waals surface area contributed by atoms with Gasteiger partial charge < -0.3 is 10.6 Å². The SMILES string of the molecule is CCn1cc(Cl)c(C(=O)Nc2ccc(Nc3ccc(Cl)nn3)cc2)n1. The molecule has 1 aromatic carbocycles. The minimum absolute atomic E-state index is 0.196. The van der Waals surface area contributed by atoms with Crippen molar-refractivity contribution in [3.05, 3.63) is 58.5 Å². The minimum Gasteiger partial charge on any atom is -0.339 e. The Morgan fingerprint density at radius 2 is 1.80 bits per heavy atom. The van der Waals surface area contributed by atoms with Gasteiger partial charge in [-0.15, -0.1) is 10.2 Å². The van der Waals surface area contributed by atoms with Crippen molar-refractivity contribution in [1.82, 2.24) is 20.0 Å². The summed E-state index contributed by atoms with van der Waals surface area (Å²) in [6, 6.07) is 10.5. The third-order valence-electron chi connectivity index (χ3n) is 3.30. The van der Waals surface area contributed by atoms with Gasteiger partial charge in [-0.25, -0.2) is 0 Å². The molecule has 0 saturated carbocycles. The first-order valence-corrected chi connectivity index (χ1v) is 8.21. The number of nitrogens with one attached hydrogen (secondary N) is 2. The second-order valence-electron chi connectivity index (χ2n) is 5.08. The molecule has 2 N–H and O–H groups in total. The van der Waals surface area contributed by atoms with Crippen molar-refractivity contribution in [2.24, 2.45) is 0 Å². The van der Waals surface area contributed by atoms with Crippen molar-refractivity contribution < 1.29 is 4.79 Å². The maximum absolute atomic E-state index is 12.3. The average molecular weight is 377 g/mol. The van der Waals surface area contributed by atoms with Crippen LogP contribution in [0.1, 0.15) is 17.4 Å². The Labute approximate surface area is 154 Å². The molecule has 128 valence electrons. The van der Waals surface area contributed by atoms with E-state index in [0.29, 0.717) is 28.2 Å². The summed E-state index contributed by atoms with van der Waals surface area (Å²) in [6.45, 7) is 2.56. The smallest absolute Gasteiger partial charge is 0.277 e. The highest BCUT2D eigenvalue weighted by Crippen LogP contribution is 2.20. The van der Waals surface area contributed by atoms with Gasteiger partial charge in [0.2, 0.25) is 0 Å². The molecular weight excluding hydrogens is 363 g/mol. The minimum atomic E-state index is -0.360. The molecule has 0 saturated heterocycles. The van der Waals surface area contributed by atoms with Crippen molar-refractivity contribution >= 4 is 46.3 Å². The van der Waals surface area contributed by atoms with Gasteiger partial charge in [-0.05, 0) is 43.3 Å². The van der Waals surface area contributed by atoms with Crippen molar-refractivity contribution in [3.8, 4) is 0 Å². The molecule has 7 nitrogen and oxygen atoms in total. The van der Waals surface area contributed by atoms with Gasteiger partial charge in [0, 0.05) is 24.1 Å². The van der Waals surface area contributed by atoms with E-state index in [-0.39, 0.29) is 11.6 Å². The van der Waals surface area contributed by atoms with E-state index in [0.717, 1.165) is 5.69 Å². The van der Waals surface area contributed by atoms with E-state index in [1.165, 1.54) is 0 Å². The molecule has 0 atom stereocenters. The molecule has 3 rings (SSSR count). The number of aryl methyl sites for hydroxylation is 1. The summed E-state index contributed by atoms with van der Waals surface area (Å²) in [5.41, 5.74) is 1.62. The number of anilines is 3. The highest BCUT2D eigenvalue weighted by molar-refractivity contribution is 6.34. The molecule has 25 heavy (non-hydrogen) atoms. The van der Waals surface area contributed by atoms with Crippen LogP contribution < -0.4 is 10.6 Å². The van der Waals surface area contributed by atoms with Crippen molar-refractivity contribution in [3.63, 3.8) is 0 Å². The maximum Gasteiger partial charge on any atom is 0.277 e. The van der Waals surface area contributed by atoms with Crippen LogP contribution in [0.5, 0.6) is 0 Å². The van der Waals surface area contributed by atoms with Gasteiger partial charge in [-0.2, -0.15) is 5.10 Å². The Morgan fingerprint density at radius 1 is 1.08 bits per heavy atom. The number of carbonyl (C=O) groups excluding carboxylic acids is 1. The number of nitrogens with zero attached hydrogens (tertiary/aromatic N) is 4. The zero-order valence-corrected chi connectivity index (χ0v) is 14.7. The first kappa shape index (κ1) is 17.2. The molecular formula is C16H14Cl2N6O. The highest BCUT2D eigenvalue weighted by atomic mass is 35.5.